The SMILES string of the molecule is CCOc1cccc(-c2ccc3c(c2)C=C(C(=O)Nc2ccc(CN(C)C4CCOCC4)cc2)CCS3(=O)=O)c1. The molecule has 2 aliphatic rings. The van der Waals surface area contributed by atoms with E-state index in [2.05, 4.69) is 17.3 Å². The molecule has 40 heavy (non-hydrogen) atoms. The largest absolute Gasteiger partial charge is 0.494 e. The Morgan fingerprint density at radius 2 is 1.77 bits per heavy atom. The van der Waals surface area contributed by atoms with Crippen LogP contribution in [-0.4, -0.2) is 57.9 Å². The molecule has 5 rings (SSSR count). The standard InChI is InChI=1S/C32H36N2O5S/c1-3-39-30-6-4-5-24(21-30)25-9-12-31-27(19-25)20-26(15-18-40(31,36)37)32(35)33-28-10-7-23(8-11-28)22-34(2)29-13-16-38-17-14-29/h4-12,19-21,29H,3,13-18,22H2,1-2H3,(H,33,35). The van der Waals surface area contributed by atoms with E-state index in [9.17, 15) is 13.2 Å². The van der Waals surface area contributed by atoms with Gasteiger partial charge in [0, 0.05) is 37.1 Å². The van der Waals surface area contributed by atoms with Gasteiger partial charge in [0.2, 0.25) is 0 Å². The van der Waals surface area contributed by atoms with Crippen LogP contribution in [0.4, 0.5) is 5.69 Å². The van der Waals surface area contributed by atoms with Crippen LogP contribution in [0.5, 0.6) is 5.75 Å². The van der Waals surface area contributed by atoms with Crippen molar-refractivity contribution in [3.05, 3.63) is 83.4 Å². The van der Waals surface area contributed by atoms with Crippen LogP contribution in [0, 0.1) is 0 Å². The highest BCUT2D eigenvalue weighted by Gasteiger charge is 2.25. The minimum atomic E-state index is -3.53. The summed E-state index contributed by atoms with van der Waals surface area (Å²) in [5.41, 5.74) is 4.57. The monoisotopic (exact) mass is 560 g/mol. The number of fused-ring (bicyclic) bond motifs is 1. The molecule has 0 aromatic heterocycles. The number of carbonyl (C=O) groups excluding carboxylic acids is 1. The predicted molar refractivity (Wildman–Crippen MR) is 158 cm³/mol. The number of sulfone groups is 1. The van der Waals surface area contributed by atoms with Gasteiger partial charge < -0.3 is 14.8 Å². The number of amides is 1. The van der Waals surface area contributed by atoms with E-state index in [-0.39, 0.29) is 23.0 Å². The van der Waals surface area contributed by atoms with E-state index in [0.717, 1.165) is 49.5 Å². The maximum absolute atomic E-state index is 13.3. The van der Waals surface area contributed by atoms with Gasteiger partial charge in [0.25, 0.3) is 5.91 Å². The summed E-state index contributed by atoms with van der Waals surface area (Å²) in [6.45, 7) is 4.93. The molecule has 0 unspecified atom stereocenters. The molecule has 1 amide bonds. The Hall–Kier alpha value is -3.46. The first-order valence-electron chi connectivity index (χ1n) is 13.8. The fourth-order valence-corrected chi connectivity index (χ4v) is 6.76. The van der Waals surface area contributed by atoms with Crippen molar-refractivity contribution in [2.75, 3.05) is 37.9 Å². The minimum Gasteiger partial charge on any atom is -0.494 e. The van der Waals surface area contributed by atoms with Crippen molar-refractivity contribution < 1.29 is 22.7 Å². The zero-order valence-electron chi connectivity index (χ0n) is 23.1. The second-order valence-electron chi connectivity index (χ2n) is 10.4. The molecular formula is C32H36N2O5S. The van der Waals surface area contributed by atoms with Crippen molar-refractivity contribution >= 4 is 27.5 Å². The summed E-state index contributed by atoms with van der Waals surface area (Å²) in [6.07, 6.45) is 3.94. The maximum Gasteiger partial charge on any atom is 0.251 e. The molecule has 0 radical (unpaired) electrons. The lowest BCUT2D eigenvalue weighted by molar-refractivity contribution is -0.112. The normalized spacial score (nSPS) is 17.0. The number of hydrogen-bond donors (Lipinski definition) is 1. The van der Waals surface area contributed by atoms with Crippen molar-refractivity contribution in [3.63, 3.8) is 0 Å². The van der Waals surface area contributed by atoms with Crippen LogP contribution in [0.2, 0.25) is 0 Å². The Labute approximate surface area is 236 Å². The van der Waals surface area contributed by atoms with Crippen LogP contribution in [0.3, 0.4) is 0 Å². The lowest BCUT2D eigenvalue weighted by atomic mass is 10.0. The molecule has 3 aromatic rings. The molecule has 0 bridgehead atoms. The van der Waals surface area contributed by atoms with Gasteiger partial charge in [-0.3, -0.25) is 9.69 Å². The summed E-state index contributed by atoms with van der Waals surface area (Å²) >= 11 is 0. The van der Waals surface area contributed by atoms with Crippen LogP contribution >= 0.6 is 0 Å². The molecule has 8 heteroatoms. The molecule has 210 valence electrons. The molecule has 0 spiro atoms. The lowest BCUT2D eigenvalue weighted by Crippen LogP contribution is -2.36. The van der Waals surface area contributed by atoms with Crippen LogP contribution < -0.4 is 10.1 Å². The van der Waals surface area contributed by atoms with Crippen molar-refractivity contribution in [1.82, 2.24) is 4.90 Å². The average Bonchev–Trinajstić information content (AvgIpc) is 3.10. The van der Waals surface area contributed by atoms with Crippen LogP contribution in [0.1, 0.15) is 37.3 Å². The molecule has 0 atom stereocenters. The predicted octanol–water partition coefficient (Wildman–Crippen LogP) is 5.56. The molecule has 1 fully saturated rings. The number of rotatable bonds is 8. The highest BCUT2D eigenvalue weighted by Crippen LogP contribution is 2.32. The summed E-state index contributed by atoms with van der Waals surface area (Å²) in [7, 11) is -1.39. The first kappa shape index (κ1) is 28.1. The molecule has 2 aliphatic heterocycles. The third-order valence-electron chi connectivity index (χ3n) is 7.54. The summed E-state index contributed by atoms with van der Waals surface area (Å²) in [5.74, 6) is 0.342. The number of ether oxygens (including phenoxy) is 2. The van der Waals surface area contributed by atoms with Gasteiger partial charge in [-0.05, 0) is 98.0 Å². The highest BCUT2D eigenvalue weighted by atomic mass is 32.2. The first-order valence-corrected chi connectivity index (χ1v) is 15.5. The summed E-state index contributed by atoms with van der Waals surface area (Å²) in [5, 5.41) is 2.96. The molecular weight excluding hydrogens is 524 g/mol. The fourth-order valence-electron chi connectivity index (χ4n) is 5.30. The quantitative estimate of drug-likeness (QED) is 0.388. The van der Waals surface area contributed by atoms with Crippen LogP contribution in [-0.2, 0) is 25.9 Å². The highest BCUT2D eigenvalue weighted by molar-refractivity contribution is 7.91. The number of anilines is 1. The Morgan fingerprint density at radius 3 is 2.52 bits per heavy atom. The van der Waals surface area contributed by atoms with Gasteiger partial charge >= 0.3 is 0 Å². The zero-order valence-corrected chi connectivity index (χ0v) is 23.9. The van der Waals surface area contributed by atoms with Crippen molar-refractivity contribution in [2.45, 2.75) is 43.7 Å². The van der Waals surface area contributed by atoms with Gasteiger partial charge in [-0.2, -0.15) is 0 Å². The molecule has 0 saturated carbocycles. The number of nitrogens with one attached hydrogen (secondary N) is 1. The number of carbonyl (C=O) groups is 1. The van der Waals surface area contributed by atoms with Crippen molar-refractivity contribution in [1.29, 1.82) is 0 Å². The Morgan fingerprint density at radius 1 is 1.02 bits per heavy atom. The summed E-state index contributed by atoms with van der Waals surface area (Å²) < 4.78 is 37.2. The van der Waals surface area contributed by atoms with Crippen molar-refractivity contribution in [2.24, 2.45) is 0 Å². The molecule has 1 N–H and O–H groups in total. The maximum atomic E-state index is 13.3. The second kappa shape index (κ2) is 12.4. The third kappa shape index (κ3) is 6.63. The average molecular weight is 561 g/mol. The van der Waals surface area contributed by atoms with Gasteiger partial charge in [-0.25, -0.2) is 8.42 Å². The first-order chi connectivity index (χ1) is 19.3. The van der Waals surface area contributed by atoms with E-state index in [1.54, 1.807) is 18.2 Å². The van der Waals surface area contributed by atoms with E-state index in [4.69, 9.17) is 9.47 Å². The number of hydrogen-bond acceptors (Lipinski definition) is 6. The third-order valence-corrected chi connectivity index (χ3v) is 9.33. The molecule has 1 saturated heterocycles. The topological polar surface area (TPSA) is 84.9 Å². The lowest BCUT2D eigenvalue weighted by Gasteiger charge is -2.31. The fraction of sp³-hybridized carbons (Fsp3) is 0.344. The Kier molecular flexibility index (Phi) is 8.69. The Bertz CT molecular complexity index is 1490. The van der Waals surface area contributed by atoms with E-state index in [1.165, 1.54) is 5.56 Å². The van der Waals surface area contributed by atoms with E-state index in [1.807, 2.05) is 61.5 Å². The van der Waals surface area contributed by atoms with Gasteiger partial charge in [0.1, 0.15) is 5.75 Å². The van der Waals surface area contributed by atoms with Crippen molar-refractivity contribution in [3.8, 4) is 16.9 Å². The summed E-state index contributed by atoms with van der Waals surface area (Å²) in [4.78, 5) is 15.9. The Balaban J connectivity index is 1.33. The van der Waals surface area contributed by atoms with E-state index < -0.39 is 9.84 Å². The van der Waals surface area contributed by atoms with Gasteiger partial charge in [0.05, 0.1) is 17.3 Å². The molecule has 3 aromatic carbocycles. The van der Waals surface area contributed by atoms with Gasteiger partial charge in [-0.15, -0.1) is 0 Å². The minimum absolute atomic E-state index is 0.115. The van der Waals surface area contributed by atoms with Gasteiger partial charge in [0.15, 0.2) is 9.84 Å². The molecule has 7 nitrogen and oxygen atoms in total. The smallest absolute Gasteiger partial charge is 0.251 e. The van der Waals surface area contributed by atoms with Gasteiger partial charge in [-0.1, -0.05) is 30.3 Å². The molecule has 0 aliphatic carbocycles. The number of nitrogens with zero attached hydrogens (tertiary/aromatic N) is 1. The second-order valence-corrected chi connectivity index (χ2v) is 12.4. The van der Waals surface area contributed by atoms with Crippen LogP contribution in [0.15, 0.2) is 77.2 Å². The van der Waals surface area contributed by atoms with Crippen LogP contribution in [0.25, 0.3) is 17.2 Å². The summed E-state index contributed by atoms with van der Waals surface area (Å²) in [6, 6.07) is 21.3. The molecule has 2 heterocycles. The van der Waals surface area contributed by atoms with E-state index >= 15 is 0 Å². The zero-order chi connectivity index (χ0) is 28.1. The van der Waals surface area contributed by atoms with E-state index in [0.29, 0.717) is 29.5 Å². The number of benzene rings is 3.